The van der Waals surface area contributed by atoms with E-state index >= 15 is 0 Å². The Hall–Kier alpha value is -0.900. The number of hydrogen-bond donors (Lipinski definition) is 1. The second-order valence-electron chi connectivity index (χ2n) is 5.17. The van der Waals surface area contributed by atoms with E-state index in [2.05, 4.69) is 36.3 Å². The lowest BCUT2D eigenvalue weighted by Crippen LogP contribution is -2.22. The fourth-order valence-corrected chi connectivity index (χ4v) is 3.61. The molecule has 1 heterocycles. The lowest BCUT2D eigenvalue weighted by molar-refractivity contribution is 0.492. The summed E-state index contributed by atoms with van der Waals surface area (Å²) in [5.41, 5.74) is 2.38. The van der Waals surface area contributed by atoms with Gasteiger partial charge in [-0.3, -0.25) is 0 Å². The molecule has 0 saturated heterocycles. The molecule has 1 N–H and O–H groups in total. The van der Waals surface area contributed by atoms with Gasteiger partial charge < -0.3 is 5.32 Å². The summed E-state index contributed by atoms with van der Waals surface area (Å²) in [5.74, 6) is 0.518. The van der Waals surface area contributed by atoms with Gasteiger partial charge in [-0.15, -0.1) is 11.3 Å². The van der Waals surface area contributed by atoms with Gasteiger partial charge in [0, 0.05) is 16.3 Å². The van der Waals surface area contributed by atoms with Crippen molar-refractivity contribution in [3.63, 3.8) is 0 Å². The molecule has 0 aliphatic carbocycles. The van der Waals surface area contributed by atoms with Crippen molar-refractivity contribution in [2.45, 2.75) is 26.7 Å². The first-order valence-corrected chi connectivity index (χ1v) is 8.10. The van der Waals surface area contributed by atoms with Crippen molar-refractivity contribution in [3.05, 3.63) is 50.4 Å². The first kappa shape index (κ1) is 15.5. The van der Waals surface area contributed by atoms with Crippen molar-refractivity contribution in [2.24, 2.45) is 5.92 Å². The Morgan fingerprint density at radius 3 is 2.60 bits per heavy atom. The summed E-state index contributed by atoms with van der Waals surface area (Å²) in [5, 5.41) is 5.37. The minimum atomic E-state index is 0.518. The summed E-state index contributed by atoms with van der Waals surface area (Å²) in [6.07, 6.45) is 1.99. The largest absolute Gasteiger partial charge is 0.319 e. The molecule has 0 aliphatic heterocycles. The summed E-state index contributed by atoms with van der Waals surface area (Å²) < 4.78 is 0. The van der Waals surface area contributed by atoms with Gasteiger partial charge in [-0.25, -0.2) is 4.98 Å². The summed E-state index contributed by atoms with van der Waals surface area (Å²) in [6.45, 7) is 5.19. The first-order chi connectivity index (χ1) is 9.60. The number of nitrogens with zero attached hydrogens (tertiary/aromatic N) is 1. The van der Waals surface area contributed by atoms with E-state index in [-0.39, 0.29) is 0 Å². The molecule has 0 aliphatic rings. The van der Waals surface area contributed by atoms with Crippen LogP contribution >= 0.6 is 22.9 Å². The summed E-state index contributed by atoms with van der Waals surface area (Å²) >= 11 is 8.08. The Labute approximate surface area is 130 Å². The van der Waals surface area contributed by atoms with Crippen molar-refractivity contribution in [3.8, 4) is 0 Å². The molecular formula is C16H21ClN2S. The van der Waals surface area contributed by atoms with Gasteiger partial charge in [0.25, 0.3) is 0 Å². The molecule has 0 radical (unpaired) electrons. The fraction of sp³-hybridized carbons (Fsp3) is 0.438. The Morgan fingerprint density at radius 2 is 2.00 bits per heavy atom. The normalized spacial score (nSPS) is 12.6. The van der Waals surface area contributed by atoms with E-state index in [0.29, 0.717) is 5.92 Å². The SMILES string of the molecule is CNCC(Cc1nc(C)c(C)s1)Cc1ccccc1Cl. The second-order valence-corrected chi connectivity index (χ2v) is 6.87. The predicted molar refractivity (Wildman–Crippen MR) is 87.9 cm³/mol. The van der Waals surface area contributed by atoms with Crippen LogP contribution < -0.4 is 5.32 Å². The zero-order valence-electron chi connectivity index (χ0n) is 12.2. The maximum atomic E-state index is 6.27. The van der Waals surface area contributed by atoms with E-state index in [1.165, 1.54) is 15.4 Å². The van der Waals surface area contributed by atoms with Crippen LogP contribution in [0.25, 0.3) is 0 Å². The standard InChI is InChI=1S/C16H21ClN2S/c1-11-12(2)20-16(19-11)9-13(10-18-3)8-14-6-4-5-7-15(14)17/h4-7,13,18H,8-10H2,1-3H3. The molecule has 2 rings (SSSR count). The van der Waals surface area contributed by atoms with Gasteiger partial charge in [0.1, 0.15) is 0 Å². The van der Waals surface area contributed by atoms with Crippen molar-refractivity contribution in [1.29, 1.82) is 0 Å². The van der Waals surface area contributed by atoms with E-state index in [9.17, 15) is 0 Å². The molecule has 1 aromatic heterocycles. The highest BCUT2D eigenvalue weighted by Crippen LogP contribution is 2.24. The van der Waals surface area contributed by atoms with Crippen LogP contribution in [-0.4, -0.2) is 18.6 Å². The van der Waals surface area contributed by atoms with Gasteiger partial charge in [0.05, 0.1) is 10.7 Å². The monoisotopic (exact) mass is 308 g/mol. The molecule has 0 spiro atoms. The Bertz CT molecular complexity index is 546. The van der Waals surface area contributed by atoms with Gasteiger partial charge in [0.2, 0.25) is 0 Å². The Kier molecular flexibility index (Phi) is 5.58. The van der Waals surface area contributed by atoms with Crippen LogP contribution in [-0.2, 0) is 12.8 Å². The minimum Gasteiger partial charge on any atom is -0.319 e. The highest BCUT2D eigenvalue weighted by molar-refractivity contribution is 7.11. The van der Waals surface area contributed by atoms with E-state index in [0.717, 1.165) is 30.1 Å². The molecule has 4 heteroatoms. The second kappa shape index (κ2) is 7.21. The highest BCUT2D eigenvalue weighted by Gasteiger charge is 2.14. The van der Waals surface area contributed by atoms with Crippen LogP contribution in [0.15, 0.2) is 24.3 Å². The molecular weight excluding hydrogens is 288 g/mol. The number of aryl methyl sites for hydroxylation is 2. The number of aromatic nitrogens is 1. The number of benzene rings is 1. The van der Waals surface area contributed by atoms with E-state index in [4.69, 9.17) is 11.6 Å². The first-order valence-electron chi connectivity index (χ1n) is 6.91. The van der Waals surface area contributed by atoms with Crippen LogP contribution in [0.2, 0.25) is 5.02 Å². The number of thiazole rings is 1. The smallest absolute Gasteiger partial charge is 0.0934 e. The molecule has 1 aromatic carbocycles. The third-order valence-electron chi connectivity index (χ3n) is 3.50. The molecule has 0 fully saturated rings. The number of hydrogen-bond acceptors (Lipinski definition) is 3. The average molecular weight is 309 g/mol. The predicted octanol–water partition coefficient (Wildman–Crippen LogP) is 4.03. The Balaban J connectivity index is 2.09. The van der Waals surface area contributed by atoms with Gasteiger partial charge in [0.15, 0.2) is 0 Å². The lowest BCUT2D eigenvalue weighted by atomic mass is 9.96. The van der Waals surface area contributed by atoms with Crippen molar-refractivity contribution >= 4 is 22.9 Å². The number of halogens is 1. The Morgan fingerprint density at radius 1 is 1.25 bits per heavy atom. The van der Waals surface area contributed by atoms with Crippen molar-refractivity contribution in [2.75, 3.05) is 13.6 Å². The van der Waals surface area contributed by atoms with E-state index < -0.39 is 0 Å². The molecule has 0 saturated carbocycles. The average Bonchev–Trinajstić information content (AvgIpc) is 2.71. The number of nitrogens with one attached hydrogen (secondary N) is 1. The fourth-order valence-electron chi connectivity index (χ4n) is 2.35. The zero-order valence-corrected chi connectivity index (χ0v) is 13.8. The zero-order chi connectivity index (χ0) is 14.5. The molecule has 1 unspecified atom stereocenters. The molecule has 2 aromatic rings. The van der Waals surface area contributed by atoms with Crippen LogP contribution in [0.1, 0.15) is 21.1 Å². The van der Waals surface area contributed by atoms with Crippen LogP contribution in [0.5, 0.6) is 0 Å². The maximum Gasteiger partial charge on any atom is 0.0934 e. The molecule has 0 amide bonds. The van der Waals surface area contributed by atoms with Gasteiger partial charge in [-0.1, -0.05) is 29.8 Å². The van der Waals surface area contributed by atoms with Crippen LogP contribution in [0, 0.1) is 19.8 Å². The lowest BCUT2D eigenvalue weighted by Gasteiger charge is -2.16. The van der Waals surface area contributed by atoms with Gasteiger partial charge in [-0.05, 0) is 51.4 Å². The van der Waals surface area contributed by atoms with Gasteiger partial charge in [-0.2, -0.15) is 0 Å². The highest BCUT2D eigenvalue weighted by atomic mass is 35.5. The minimum absolute atomic E-state index is 0.518. The number of rotatable bonds is 6. The summed E-state index contributed by atoms with van der Waals surface area (Å²) in [4.78, 5) is 5.97. The van der Waals surface area contributed by atoms with Crippen LogP contribution in [0.4, 0.5) is 0 Å². The third-order valence-corrected chi connectivity index (χ3v) is 4.96. The third kappa shape index (κ3) is 4.05. The molecule has 2 nitrogen and oxygen atoms in total. The van der Waals surface area contributed by atoms with E-state index in [1.54, 1.807) is 0 Å². The van der Waals surface area contributed by atoms with E-state index in [1.807, 2.05) is 30.5 Å². The molecule has 20 heavy (non-hydrogen) atoms. The van der Waals surface area contributed by atoms with Crippen LogP contribution in [0.3, 0.4) is 0 Å². The topological polar surface area (TPSA) is 24.9 Å². The molecule has 0 bridgehead atoms. The quantitative estimate of drug-likeness (QED) is 0.871. The van der Waals surface area contributed by atoms with Gasteiger partial charge >= 0.3 is 0 Å². The summed E-state index contributed by atoms with van der Waals surface area (Å²) in [7, 11) is 2.00. The summed E-state index contributed by atoms with van der Waals surface area (Å²) in [6, 6.07) is 8.11. The van der Waals surface area contributed by atoms with Crippen molar-refractivity contribution < 1.29 is 0 Å². The molecule has 1 atom stereocenters. The maximum absolute atomic E-state index is 6.27. The van der Waals surface area contributed by atoms with Crippen molar-refractivity contribution in [1.82, 2.24) is 10.3 Å². The molecule has 108 valence electrons.